The standard InChI is InChI=1S/C15H24O3S/c1-3-5-12-15(9-4-2)19(16,17)18-13-14-10-7-6-8-11-14/h6-8,10-11,15H,3-5,9,12-13H2,1-2H3. The summed E-state index contributed by atoms with van der Waals surface area (Å²) in [6.07, 6.45) is 4.17. The first-order valence-electron chi connectivity index (χ1n) is 7.02. The van der Waals surface area contributed by atoms with E-state index >= 15 is 0 Å². The van der Waals surface area contributed by atoms with Gasteiger partial charge in [0.2, 0.25) is 0 Å². The zero-order valence-corrected chi connectivity index (χ0v) is 12.7. The van der Waals surface area contributed by atoms with Crippen molar-refractivity contribution in [3.05, 3.63) is 35.9 Å². The summed E-state index contributed by atoms with van der Waals surface area (Å²) in [6, 6.07) is 9.41. The first-order chi connectivity index (χ1) is 9.10. The van der Waals surface area contributed by atoms with Gasteiger partial charge in [-0.25, -0.2) is 0 Å². The first-order valence-corrected chi connectivity index (χ1v) is 8.49. The van der Waals surface area contributed by atoms with Gasteiger partial charge in [-0.3, -0.25) is 4.18 Å². The van der Waals surface area contributed by atoms with Gasteiger partial charge in [0.25, 0.3) is 10.1 Å². The maximum absolute atomic E-state index is 12.2. The zero-order valence-electron chi connectivity index (χ0n) is 11.8. The van der Waals surface area contributed by atoms with E-state index in [1.54, 1.807) is 0 Å². The second-order valence-electron chi connectivity index (χ2n) is 4.79. The van der Waals surface area contributed by atoms with E-state index in [-0.39, 0.29) is 11.9 Å². The van der Waals surface area contributed by atoms with E-state index in [2.05, 4.69) is 6.92 Å². The van der Waals surface area contributed by atoms with Crippen LogP contribution in [-0.2, 0) is 20.9 Å². The van der Waals surface area contributed by atoms with Crippen LogP contribution in [0, 0.1) is 0 Å². The second kappa shape index (κ2) is 8.33. The quantitative estimate of drug-likeness (QED) is 0.646. The van der Waals surface area contributed by atoms with Crippen molar-refractivity contribution in [2.75, 3.05) is 0 Å². The molecule has 1 unspecified atom stereocenters. The first kappa shape index (κ1) is 16.2. The lowest BCUT2D eigenvalue weighted by molar-refractivity contribution is 0.298. The minimum Gasteiger partial charge on any atom is -0.265 e. The highest BCUT2D eigenvalue weighted by molar-refractivity contribution is 7.87. The Balaban J connectivity index is 2.61. The smallest absolute Gasteiger partial charge is 0.265 e. The van der Waals surface area contributed by atoms with Crippen LogP contribution >= 0.6 is 0 Å². The molecule has 0 radical (unpaired) electrons. The second-order valence-corrected chi connectivity index (χ2v) is 6.68. The topological polar surface area (TPSA) is 43.4 Å². The molecule has 0 heterocycles. The molecule has 0 aliphatic rings. The average molecular weight is 284 g/mol. The van der Waals surface area contributed by atoms with Crippen LogP contribution in [0.4, 0.5) is 0 Å². The lowest BCUT2D eigenvalue weighted by atomic mass is 10.1. The van der Waals surface area contributed by atoms with Crippen molar-refractivity contribution in [3.63, 3.8) is 0 Å². The Morgan fingerprint density at radius 3 is 2.32 bits per heavy atom. The summed E-state index contributed by atoms with van der Waals surface area (Å²) >= 11 is 0. The third-order valence-corrected chi connectivity index (χ3v) is 4.87. The van der Waals surface area contributed by atoms with E-state index in [9.17, 15) is 8.42 Å². The van der Waals surface area contributed by atoms with E-state index < -0.39 is 10.1 Å². The van der Waals surface area contributed by atoms with Crippen LogP contribution in [0.2, 0.25) is 0 Å². The van der Waals surface area contributed by atoms with Crippen molar-refractivity contribution >= 4 is 10.1 Å². The molecule has 3 nitrogen and oxygen atoms in total. The fraction of sp³-hybridized carbons (Fsp3) is 0.600. The van der Waals surface area contributed by atoms with Crippen LogP contribution < -0.4 is 0 Å². The molecule has 0 spiro atoms. The van der Waals surface area contributed by atoms with Crippen molar-refractivity contribution in [1.82, 2.24) is 0 Å². The molecule has 0 saturated carbocycles. The molecule has 0 aliphatic heterocycles. The van der Waals surface area contributed by atoms with Crippen LogP contribution in [0.25, 0.3) is 0 Å². The van der Waals surface area contributed by atoms with Gasteiger partial charge in [0.05, 0.1) is 11.9 Å². The van der Waals surface area contributed by atoms with Gasteiger partial charge in [0, 0.05) is 0 Å². The number of hydrogen-bond acceptors (Lipinski definition) is 3. The summed E-state index contributed by atoms with van der Waals surface area (Å²) in [4.78, 5) is 0. The third-order valence-electron chi connectivity index (χ3n) is 3.13. The van der Waals surface area contributed by atoms with Gasteiger partial charge in [-0.05, 0) is 18.4 Å². The van der Waals surface area contributed by atoms with E-state index in [1.807, 2.05) is 37.3 Å². The molecule has 1 atom stereocenters. The molecule has 0 amide bonds. The van der Waals surface area contributed by atoms with Crippen molar-refractivity contribution in [3.8, 4) is 0 Å². The number of rotatable bonds is 9. The van der Waals surface area contributed by atoms with Crippen molar-refractivity contribution < 1.29 is 12.6 Å². The van der Waals surface area contributed by atoms with Crippen molar-refractivity contribution in [2.24, 2.45) is 0 Å². The molecule has 0 saturated heterocycles. The largest absolute Gasteiger partial charge is 0.270 e. The lowest BCUT2D eigenvalue weighted by Gasteiger charge is -2.16. The molecule has 0 aromatic heterocycles. The molecule has 0 N–H and O–H groups in total. The SMILES string of the molecule is CCCCC(CCC)S(=O)(=O)OCc1ccccc1. The van der Waals surface area contributed by atoms with Gasteiger partial charge in [-0.15, -0.1) is 0 Å². The van der Waals surface area contributed by atoms with Crippen LogP contribution in [0.5, 0.6) is 0 Å². The predicted molar refractivity (Wildman–Crippen MR) is 78.4 cm³/mol. The van der Waals surface area contributed by atoms with Crippen LogP contribution in [0.15, 0.2) is 30.3 Å². The van der Waals surface area contributed by atoms with Crippen LogP contribution in [-0.4, -0.2) is 13.7 Å². The Morgan fingerprint density at radius 2 is 1.74 bits per heavy atom. The van der Waals surface area contributed by atoms with Gasteiger partial charge in [-0.2, -0.15) is 8.42 Å². The van der Waals surface area contributed by atoms with Gasteiger partial charge in [-0.1, -0.05) is 63.4 Å². The Hall–Kier alpha value is -0.870. The zero-order chi connectivity index (χ0) is 14.1. The molecule has 19 heavy (non-hydrogen) atoms. The average Bonchev–Trinajstić information content (AvgIpc) is 2.42. The molecule has 1 aromatic carbocycles. The normalized spacial score (nSPS) is 13.4. The minimum absolute atomic E-state index is 0.134. The highest BCUT2D eigenvalue weighted by Crippen LogP contribution is 2.19. The Bertz CT molecular complexity index is 440. The Kier molecular flexibility index (Phi) is 7.10. The summed E-state index contributed by atoms with van der Waals surface area (Å²) in [5, 5.41) is -0.360. The van der Waals surface area contributed by atoms with E-state index in [4.69, 9.17) is 4.18 Å². The monoisotopic (exact) mass is 284 g/mol. The molecule has 0 bridgehead atoms. The molecular formula is C15H24O3S. The van der Waals surface area contributed by atoms with Crippen molar-refractivity contribution in [2.45, 2.75) is 57.8 Å². The van der Waals surface area contributed by atoms with Gasteiger partial charge < -0.3 is 0 Å². The molecular weight excluding hydrogens is 260 g/mol. The summed E-state index contributed by atoms with van der Waals surface area (Å²) in [6.45, 7) is 4.21. The molecule has 0 fully saturated rings. The number of unbranched alkanes of at least 4 members (excludes halogenated alkanes) is 1. The fourth-order valence-electron chi connectivity index (χ4n) is 2.01. The molecule has 1 aromatic rings. The van der Waals surface area contributed by atoms with Gasteiger partial charge >= 0.3 is 0 Å². The summed E-state index contributed by atoms with van der Waals surface area (Å²) < 4.78 is 29.6. The molecule has 1 rings (SSSR count). The van der Waals surface area contributed by atoms with Crippen LogP contribution in [0.3, 0.4) is 0 Å². The summed E-state index contributed by atoms with van der Waals surface area (Å²) in [7, 11) is -3.45. The minimum atomic E-state index is -3.45. The molecule has 108 valence electrons. The number of benzene rings is 1. The van der Waals surface area contributed by atoms with E-state index in [1.165, 1.54) is 0 Å². The number of hydrogen-bond donors (Lipinski definition) is 0. The molecule has 4 heteroatoms. The van der Waals surface area contributed by atoms with Gasteiger partial charge in [0.15, 0.2) is 0 Å². The lowest BCUT2D eigenvalue weighted by Crippen LogP contribution is -2.23. The van der Waals surface area contributed by atoms with Gasteiger partial charge in [0.1, 0.15) is 0 Å². The maximum atomic E-state index is 12.2. The Morgan fingerprint density at radius 1 is 1.05 bits per heavy atom. The van der Waals surface area contributed by atoms with Crippen molar-refractivity contribution in [1.29, 1.82) is 0 Å². The Labute approximate surface area is 117 Å². The summed E-state index contributed by atoms with van der Waals surface area (Å²) in [5.41, 5.74) is 0.886. The predicted octanol–water partition coefficient (Wildman–Crippen LogP) is 3.89. The van der Waals surface area contributed by atoms with Crippen LogP contribution in [0.1, 0.15) is 51.5 Å². The van der Waals surface area contributed by atoms with E-state index in [0.717, 1.165) is 24.8 Å². The highest BCUT2D eigenvalue weighted by atomic mass is 32.2. The third kappa shape index (κ3) is 5.74. The summed E-state index contributed by atoms with van der Waals surface area (Å²) in [5.74, 6) is 0. The molecule has 0 aliphatic carbocycles. The maximum Gasteiger partial charge on any atom is 0.270 e. The van der Waals surface area contributed by atoms with E-state index in [0.29, 0.717) is 12.8 Å². The highest BCUT2D eigenvalue weighted by Gasteiger charge is 2.25. The fourth-order valence-corrected chi connectivity index (χ4v) is 3.48.